The number of piperazine rings is 1. The number of hydrogen-bond donors (Lipinski definition) is 1. The molecule has 0 radical (unpaired) electrons. The first-order chi connectivity index (χ1) is 12.3. The molecule has 0 aliphatic carbocycles. The summed E-state index contributed by atoms with van der Waals surface area (Å²) in [5.74, 6) is 0.915. The maximum atomic E-state index is 12.3. The molecular weight excluding hydrogens is 316 g/mol. The highest BCUT2D eigenvalue weighted by Gasteiger charge is 2.21. The van der Waals surface area contributed by atoms with Gasteiger partial charge < -0.3 is 15.0 Å². The second-order valence-electron chi connectivity index (χ2n) is 6.05. The van der Waals surface area contributed by atoms with Crippen LogP contribution in [0.5, 0.6) is 5.75 Å². The molecule has 1 fully saturated rings. The van der Waals surface area contributed by atoms with E-state index in [0.29, 0.717) is 6.54 Å². The fourth-order valence-electron chi connectivity index (χ4n) is 2.96. The Hall–Kier alpha value is -2.60. The van der Waals surface area contributed by atoms with E-state index in [1.54, 1.807) is 13.3 Å². The molecule has 6 nitrogen and oxygen atoms in total. The number of benzene rings is 1. The lowest BCUT2D eigenvalue weighted by molar-refractivity contribution is 0.134. The Bertz CT molecular complexity index is 685. The molecule has 0 bridgehead atoms. The van der Waals surface area contributed by atoms with Crippen molar-refractivity contribution in [1.29, 1.82) is 0 Å². The number of hydrogen-bond acceptors (Lipinski definition) is 4. The summed E-state index contributed by atoms with van der Waals surface area (Å²) in [6.45, 7) is 4.46. The number of aromatic nitrogens is 1. The van der Waals surface area contributed by atoms with Crippen LogP contribution in [-0.4, -0.2) is 54.1 Å². The maximum Gasteiger partial charge on any atom is 0.317 e. The number of ether oxygens (including phenoxy) is 1. The monoisotopic (exact) mass is 340 g/mol. The normalized spacial score (nSPS) is 15.0. The molecule has 1 aromatic heterocycles. The number of nitrogens with one attached hydrogen (secondary N) is 1. The standard InChI is InChI=1S/C19H24N4O2/c1-25-18-8-3-2-6-16(18)15-22-10-12-23(13-11-22)19(24)21-14-17-7-4-5-9-20-17/h2-9H,10-15H2,1H3,(H,21,24). The maximum absolute atomic E-state index is 12.3. The topological polar surface area (TPSA) is 57.7 Å². The first-order valence-corrected chi connectivity index (χ1v) is 8.53. The summed E-state index contributed by atoms with van der Waals surface area (Å²) in [6, 6.07) is 13.7. The minimum Gasteiger partial charge on any atom is -0.496 e. The molecule has 1 aliphatic heterocycles. The van der Waals surface area contributed by atoms with Crippen molar-refractivity contribution in [3.63, 3.8) is 0 Å². The van der Waals surface area contributed by atoms with Gasteiger partial charge in [-0.1, -0.05) is 24.3 Å². The predicted molar refractivity (Wildman–Crippen MR) is 96.3 cm³/mol. The zero-order valence-corrected chi connectivity index (χ0v) is 14.5. The second kappa shape index (κ2) is 8.48. The van der Waals surface area contributed by atoms with Crippen LogP contribution in [0.25, 0.3) is 0 Å². The highest BCUT2D eigenvalue weighted by atomic mass is 16.5. The Morgan fingerprint density at radius 1 is 1.12 bits per heavy atom. The van der Waals surface area contributed by atoms with Crippen molar-refractivity contribution in [2.24, 2.45) is 0 Å². The van der Waals surface area contributed by atoms with Gasteiger partial charge >= 0.3 is 6.03 Å². The number of nitrogens with zero attached hydrogens (tertiary/aromatic N) is 3. The van der Waals surface area contributed by atoms with Crippen LogP contribution in [-0.2, 0) is 13.1 Å². The van der Waals surface area contributed by atoms with Gasteiger partial charge in [0.1, 0.15) is 5.75 Å². The molecule has 0 saturated carbocycles. The molecule has 1 saturated heterocycles. The van der Waals surface area contributed by atoms with E-state index in [1.807, 2.05) is 41.3 Å². The van der Waals surface area contributed by atoms with E-state index in [9.17, 15) is 4.79 Å². The summed E-state index contributed by atoms with van der Waals surface area (Å²) in [5.41, 5.74) is 2.05. The molecule has 1 N–H and O–H groups in total. The Balaban J connectivity index is 1.46. The van der Waals surface area contributed by atoms with E-state index in [2.05, 4.69) is 21.3 Å². The Labute approximate surface area is 148 Å². The second-order valence-corrected chi connectivity index (χ2v) is 6.05. The van der Waals surface area contributed by atoms with E-state index in [0.717, 1.165) is 44.2 Å². The number of pyridine rings is 1. The van der Waals surface area contributed by atoms with Crippen molar-refractivity contribution in [1.82, 2.24) is 20.1 Å². The van der Waals surface area contributed by atoms with Crippen LogP contribution >= 0.6 is 0 Å². The number of amides is 2. The number of carbonyl (C=O) groups is 1. The molecule has 0 spiro atoms. The van der Waals surface area contributed by atoms with Crippen LogP contribution < -0.4 is 10.1 Å². The minimum atomic E-state index is -0.0254. The largest absolute Gasteiger partial charge is 0.496 e. The van der Waals surface area contributed by atoms with Crippen LogP contribution in [0.2, 0.25) is 0 Å². The minimum absolute atomic E-state index is 0.0254. The SMILES string of the molecule is COc1ccccc1CN1CCN(C(=O)NCc2ccccn2)CC1. The average molecular weight is 340 g/mol. The fourth-order valence-corrected chi connectivity index (χ4v) is 2.96. The van der Waals surface area contributed by atoms with Gasteiger partial charge in [-0.2, -0.15) is 0 Å². The average Bonchev–Trinajstić information content (AvgIpc) is 2.68. The first-order valence-electron chi connectivity index (χ1n) is 8.53. The summed E-state index contributed by atoms with van der Waals surface area (Å²) in [7, 11) is 1.70. The van der Waals surface area contributed by atoms with Gasteiger partial charge in [0, 0.05) is 44.5 Å². The van der Waals surface area contributed by atoms with Crippen molar-refractivity contribution in [2.75, 3.05) is 33.3 Å². The molecule has 1 aromatic carbocycles. The number of rotatable bonds is 5. The fraction of sp³-hybridized carbons (Fsp3) is 0.368. The van der Waals surface area contributed by atoms with Gasteiger partial charge in [-0.05, 0) is 18.2 Å². The molecule has 0 unspecified atom stereocenters. The molecule has 6 heteroatoms. The quantitative estimate of drug-likeness (QED) is 0.906. The lowest BCUT2D eigenvalue weighted by Gasteiger charge is -2.34. The molecule has 25 heavy (non-hydrogen) atoms. The van der Waals surface area contributed by atoms with E-state index < -0.39 is 0 Å². The molecule has 1 aliphatic rings. The molecular formula is C19H24N4O2. The van der Waals surface area contributed by atoms with Crippen molar-refractivity contribution < 1.29 is 9.53 Å². The van der Waals surface area contributed by atoms with Gasteiger partial charge in [0.05, 0.1) is 19.3 Å². The number of carbonyl (C=O) groups excluding carboxylic acids is 1. The van der Waals surface area contributed by atoms with E-state index in [4.69, 9.17) is 4.74 Å². The van der Waals surface area contributed by atoms with Gasteiger partial charge in [0.2, 0.25) is 0 Å². The van der Waals surface area contributed by atoms with Gasteiger partial charge in [-0.25, -0.2) is 4.79 Å². The van der Waals surface area contributed by atoms with E-state index in [1.165, 1.54) is 5.56 Å². The molecule has 2 aromatic rings. The Morgan fingerprint density at radius 3 is 2.60 bits per heavy atom. The highest BCUT2D eigenvalue weighted by Crippen LogP contribution is 2.19. The summed E-state index contributed by atoms with van der Waals surface area (Å²) < 4.78 is 5.41. The van der Waals surface area contributed by atoms with Crippen molar-refractivity contribution in [3.05, 3.63) is 59.9 Å². The van der Waals surface area contributed by atoms with Crippen LogP contribution in [0.4, 0.5) is 4.79 Å². The summed E-state index contributed by atoms with van der Waals surface area (Å²) in [4.78, 5) is 20.7. The third-order valence-electron chi connectivity index (χ3n) is 4.39. The number of urea groups is 1. The number of para-hydroxylation sites is 1. The van der Waals surface area contributed by atoms with E-state index >= 15 is 0 Å². The Morgan fingerprint density at radius 2 is 1.88 bits per heavy atom. The molecule has 132 valence electrons. The highest BCUT2D eigenvalue weighted by molar-refractivity contribution is 5.74. The van der Waals surface area contributed by atoms with Crippen LogP contribution in [0.1, 0.15) is 11.3 Å². The smallest absolute Gasteiger partial charge is 0.317 e. The van der Waals surface area contributed by atoms with Gasteiger partial charge in [-0.3, -0.25) is 9.88 Å². The molecule has 0 atom stereocenters. The molecule has 3 rings (SSSR count). The van der Waals surface area contributed by atoms with Crippen molar-refractivity contribution in [3.8, 4) is 5.75 Å². The van der Waals surface area contributed by atoms with Gasteiger partial charge in [0.25, 0.3) is 0 Å². The van der Waals surface area contributed by atoms with Gasteiger partial charge in [0.15, 0.2) is 0 Å². The third-order valence-corrected chi connectivity index (χ3v) is 4.39. The lowest BCUT2D eigenvalue weighted by atomic mass is 10.1. The molecule has 2 heterocycles. The van der Waals surface area contributed by atoms with Gasteiger partial charge in [-0.15, -0.1) is 0 Å². The zero-order chi connectivity index (χ0) is 17.5. The zero-order valence-electron chi connectivity index (χ0n) is 14.5. The molecule has 2 amide bonds. The third kappa shape index (κ3) is 4.70. The number of methoxy groups -OCH3 is 1. The van der Waals surface area contributed by atoms with Crippen LogP contribution in [0, 0.1) is 0 Å². The lowest BCUT2D eigenvalue weighted by Crippen LogP contribution is -2.51. The van der Waals surface area contributed by atoms with Crippen molar-refractivity contribution in [2.45, 2.75) is 13.1 Å². The van der Waals surface area contributed by atoms with Crippen molar-refractivity contribution >= 4 is 6.03 Å². The van der Waals surface area contributed by atoms with E-state index in [-0.39, 0.29) is 6.03 Å². The summed E-state index contributed by atoms with van der Waals surface area (Å²) >= 11 is 0. The first kappa shape index (κ1) is 17.2. The van der Waals surface area contributed by atoms with Crippen LogP contribution in [0.3, 0.4) is 0 Å². The Kier molecular flexibility index (Phi) is 5.85. The summed E-state index contributed by atoms with van der Waals surface area (Å²) in [6.07, 6.45) is 1.73. The summed E-state index contributed by atoms with van der Waals surface area (Å²) in [5, 5.41) is 2.94. The van der Waals surface area contributed by atoms with Crippen LogP contribution in [0.15, 0.2) is 48.7 Å². The predicted octanol–water partition coefficient (Wildman–Crippen LogP) is 2.12.